The highest BCUT2D eigenvalue weighted by atomic mass is 16.5. The summed E-state index contributed by atoms with van der Waals surface area (Å²) in [5.41, 5.74) is 3.17. The van der Waals surface area contributed by atoms with Crippen LogP contribution in [0.1, 0.15) is 50.7 Å². The number of rotatable bonds is 6. The van der Waals surface area contributed by atoms with Gasteiger partial charge in [-0.2, -0.15) is 0 Å². The van der Waals surface area contributed by atoms with Crippen LogP contribution in [-0.2, 0) is 20.7 Å². The molecule has 0 heterocycles. The van der Waals surface area contributed by atoms with E-state index in [0.717, 1.165) is 19.3 Å². The van der Waals surface area contributed by atoms with Crippen molar-refractivity contribution in [3.05, 3.63) is 64.7 Å². The molecule has 0 saturated carbocycles. The van der Waals surface area contributed by atoms with Crippen molar-refractivity contribution in [2.24, 2.45) is 0 Å². The molecule has 3 rings (SSSR count). The van der Waals surface area contributed by atoms with E-state index in [2.05, 4.69) is 22.8 Å². The van der Waals surface area contributed by atoms with Crippen LogP contribution in [0.4, 0.5) is 5.69 Å². The highest BCUT2D eigenvalue weighted by Crippen LogP contribution is 2.29. The third-order valence-electron chi connectivity index (χ3n) is 4.94. The third kappa shape index (κ3) is 5.00. The summed E-state index contributed by atoms with van der Waals surface area (Å²) < 4.78 is 9.42. The lowest BCUT2D eigenvalue weighted by molar-refractivity contribution is -0.115. The second-order valence-corrected chi connectivity index (χ2v) is 6.85. The lowest BCUT2D eigenvalue weighted by atomic mass is 9.88. The molecule has 0 saturated heterocycles. The first kappa shape index (κ1) is 20.5. The molecule has 7 nitrogen and oxygen atoms in total. The molecule has 7 heteroatoms. The van der Waals surface area contributed by atoms with Gasteiger partial charge in [-0.25, -0.2) is 9.59 Å². The van der Waals surface area contributed by atoms with Gasteiger partial charge in [-0.1, -0.05) is 24.3 Å². The van der Waals surface area contributed by atoms with Crippen LogP contribution in [0.3, 0.4) is 0 Å². The Morgan fingerprint density at radius 3 is 2.31 bits per heavy atom. The summed E-state index contributed by atoms with van der Waals surface area (Å²) in [5.74, 6) is -1.49. The van der Waals surface area contributed by atoms with Crippen molar-refractivity contribution in [2.75, 3.05) is 26.1 Å². The number of aryl methyl sites for hydroxylation is 1. The van der Waals surface area contributed by atoms with Crippen LogP contribution in [0.25, 0.3) is 0 Å². The Morgan fingerprint density at radius 2 is 1.66 bits per heavy atom. The molecule has 152 valence electrons. The zero-order chi connectivity index (χ0) is 20.8. The van der Waals surface area contributed by atoms with Gasteiger partial charge in [0.15, 0.2) is 0 Å². The predicted molar refractivity (Wildman–Crippen MR) is 108 cm³/mol. The van der Waals surface area contributed by atoms with Gasteiger partial charge in [0.2, 0.25) is 5.91 Å². The first-order chi connectivity index (χ1) is 14.0. The van der Waals surface area contributed by atoms with E-state index >= 15 is 0 Å². The molecule has 0 aromatic heterocycles. The van der Waals surface area contributed by atoms with Crippen LogP contribution in [0.5, 0.6) is 0 Å². The number of fused-ring (bicyclic) bond motifs is 1. The number of benzene rings is 2. The number of hydrogen-bond donors (Lipinski definition) is 2. The van der Waals surface area contributed by atoms with E-state index in [1.807, 2.05) is 12.1 Å². The number of amides is 1. The minimum atomic E-state index is -0.608. The maximum atomic E-state index is 12.5. The molecule has 2 aromatic rings. The number of ether oxygens (including phenoxy) is 2. The molecule has 29 heavy (non-hydrogen) atoms. The number of methoxy groups -OCH3 is 2. The Kier molecular flexibility index (Phi) is 6.61. The minimum Gasteiger partial charge on any atom is -0.465 e. The molecule has 0 fully saturated rings. The van der Waals surface area contributed by atoms with Gasteiger partial charge < -0.3 is 20.1 Å². The van der Waals surface area contributed by atoms with Gasteiger partial charge in [-0.15, -0.1) is 0 Å². The summed E-state index contributed by atoms with van der Waals surface area (Å²) in [6, 6.07) is 12.7. The maximum absolute atomic E-state index is 12.5. The van der Waals surface area contributed by atoms with Crippen LogP contribution >= 0.6 is 0 Å². The molecule has 2 aromatic carbocycles. The Labute approximate surface area is 169 Å². The summed E-state index contributed by atoms with van der Waals surface area (Å²) in [4.78, 5) is 36.2. The summed E-state index contributed by atoms with van der Waals surface area (Å²) in [5, 5.41) is 6.03. The summed E-state index contributed by atoms with van der Waals surface area (Å²) in [6.07, 6.45) is 3.09. The molecule has 1 aliphatic carbocycles. The third-order valence-corrected chi connectivity index (χ3v) is 4.94. The van der Waals surface area contributed by atoms with Crippen LogP contribution in [0, 0.1) is 0 Å². The van der Waals surface area contributed by atoms with Crippen LogP contribution in [-0.4, -0.2) is 38.6 Å². The zero-order valence-corrected chi connectivity index (χ0v) is 16.5. The van der Waals surface area contributed by atoms with Gasteiger partial charge in [0, 0.05) is 11.7 Å². The number of carbonyl (C=O) groups excluding carboxylic acids is 3. The van der Waals surface area contributed by atoms with Gasteiger partial charge in [0.25, 0.3) is 0 Å². The van der Waals surface area contributed by atoms with Crippen molar-refractivity contribution in [3.63, 3.8) is 0 Å². The van der Waals surface area contributed by atoms with E-state index in [-0.39, 0.29) is 29.6 Å². The molecule has 0 spiro atoms. The predicted octanol–water partition coefficient (Wildman–Crippen LogP) is 2.87. The maximum Gasteiger partial charge on any atom is 0.337 e. The number of carbonyl (C=O) groups is 3. The fourth-order valence-electron chi connectivity index (χ4n) is 3.56. The van der Waals surface area contributed by atoms with Crippen molar-refractivity contribution < 1.29 is 23.9 Å². The Balaban J connectivity index is 1.69. The SMILES string of the molecule is COC(=O)c1cc(NC(=O)CNC2CCCc3ccccc32)cc(C(=O)OC)c1. The molecule has 0 aliphatic heterocycles. The number of esters is 2. The largest absolute Gasteiger partial charge is 0.465 e. The second kappa shape index (κ2) is 9.34. The molecular weight excluding hydrogens is 372 g/mol. The van der Waals surface area contributed by atoms with Gasteiger partial charge in [0.05, 0.1) is 31.9 Å². The summed E-state index contributed by atoms with van der Waals surface area (Å²) in [7, 11) is 2.49. The topological polar surface area (TPSA) is 93.7 Å². The average molecular weight is 396 g/mol. The second-order valence-electron chi connectivity index (χ2n) is 6.85. The molecule has 1 aliphatic rings. The average Bonchev–Trinajstić information content (AvgIpc) is 2.76. The van der Waals surface area contributed by atoms with Gasteiger partial charge >= 0.3 is 11.9 Å². The van der Waals surface area contributed by atoms with Crippen molar-refractivity contribution in [1.82, 2.24) is 5.32 Å². The summed E-state index contributed by atoms with van der Waals surface area (Å²) in [6.45, 7) is 0.106. The number of nitrogens with one attached hydrogen (secondary N) is 2. The fraction of sp³-hybridized carbons (Fsp3) is 0.318. The Bertz CT molecular complexity index is 891. The van der Waals surface area contributed by atoms with E-state index in [9.17, 15) is 14.4 Å². The number of anilines is 1. The first-order valence-corrected chi connectivity index (χ1v) is 9.44. The monoisotopic (exact) mass is 396 g/mol. The Hall–Kier alpha value is -3.19. The smallest absolute Gasteiger partial charge is 0.337 e. The Morgan fingerprint density at radius 1 is 1.00 bits per heavy atom. The standard InChI is InChI=1S/C22H24N2O5/c1-28-21(26)15-10-16(22(27)29-2)12-17(11-15)24-20(25)13-23-19-9-5-7-14-6-3-4-8-18(14)19/h3-4,6,8,10-12,19,23H,5,7,9,13H2,1-2H3,(H,24,25). The van der Waals surface area contributed by atoms with E-state index < -0.39 is 11.9 Å². The van der Waals surface area contributed by atoms with Gasteiger partial charge in [0.1, 0.15) is 0 Å². The normalized spacial score (nSPS) is 15.2. The minimum absolute atomic E-state index is 0.106. The molecule has 0 radical (unpaired) electrons. The quantitative estimate of drug-likeness (QED) is 0.730. The highest BCUT2D eigenvalue weighted by Gasteiger charge is 2.20. The molecular formula is C22H24N2O5. The molecule has 1 unspecified atom stereocenters. The van der Waals surface area contributed by atoms with Crippen molar-refractivity contribution in [2.45, 2.75) is 25.3 Å². The van der Waals surface area contributed by atoms with Crippen LogP contribution in [0.15, 0.2) is 42.5 Å². The van der Waals surface area contributed by atoms with E-state index in [0.29, 0.717) is 5.69 Å². The van der Waals surface area contributed by atoms with Crippen molar-refractivity contribution >= 4 is 23.5 Å². The van der Waals surface area contributed by atoms with Gasteiger partial charge in [-0.3, -0.25) is 4.79 Å². The first-order valence-electron chi connectivity index (χ1n) is 9.44. The van der Waals surface area contributed by atoms with E-state index in [1.54, 1.807) is 0 Å². The molecule has 1 amide bonds. The fourth-order valence-corrected chi connectivity index (χ4v) is 3.56. The van der Waals surface area contributed by atoms with Gasteiger partial charge in [-0.05, 0) is 48.6 Å². The number of hydrogen-bond acceptors (Lipinski definition) is 6. The highest BCUT2D eigenvalue weighted by molar-refractivity contribution is 5.99. The lowest BCUT2D eigenvalue weighted by Gasteiger charge is -2.26. The molecule has 1 atom stereocenters. The van der Waals surface area contributed by atoms with E-state index in [4.69, 9.17) is 9.47 Å². The van der Waals surface area contributed by atoms with Crippen molar-refractivity contribution in [1.29, 1.82) is 0 Å². The van der Waals surface area contributed by atoms with Crippen LogP contribution < -0.4 is 10.6 Å². The summed E-state index contributed by atoms with van der Waals surface area (Å²) >= 11 is 0. The van der Waals surface area contributed by atoms with E-state index in [1.165, 1.54) is 43.5 Å². The van der Waals surface area contributed by atoms with Crippen LogP contribution in [0.2, 0.25) is 0 Å². The lowest BCUT2D eigenvalue weighted by Crippen LogP contribution is -2.33. The molecule has 2 N–H and O–H groups in total. The zero-order valence-electron chi connectivity index (χ0n) is 16.5. The molecule has 0 bridgehead atoms. The van der Waals surface area contributed by atoms with Crippen molar-refractivity contribution in [3.8, 4) is 0 Å².